The number of amides is 2. The number of aliphatic carboxylic acids is 1. The van der Waals surface area contributed by atoms with Crippen LogP contribution in [0, 0.1) is 23.2 Å². The first-order valence-electron chi connectivity index (χ1n) is 21.8. The molecule has 0 spiro atoms. The Bertz CT molecular complexity index is 2130. The van der Waals surface area contributed by atoms with Crippen molar-refractivity contribution < 1.29 is 90.4 Å². The molecule has 1 aliphatic rings. The lowest BCUT2D eigenvalue weighted by Gasteiger charge is -2.36. The molecule has 3 rings (SSSR count). The minimum atomic E-state index is -5.93. The van der Waals surface area contributed by atoms with Gasteiger partial charge >= 0.3 is 0 Å². The number of phosphoric acid groups is 3. The first-order valence-corrected chi connectivity index (χ1v) is 27.1. The molecular weight excluding hydrogens is 983 g/mol. The van der Waals surface area contributed by atoms with E-state index in [9.17, 15) is 67.8 Å². The number of rotatable bonds is 32. The number of aliphatic hydroxyl groups is 2. The summed E-state index contributed by atoms with van der Waals surface area (Å²) in [6, 6.07) is 0. The third kappa shape index (κ3) is 20.8. The number of carboxylic acids is 1. The van der Waals surface area contributed by atoms with E-state index in [1.54, 1.807) is 0 Å². The number of nitrogen functional groups attached to an aromatic ring is 1. The van der Waals surface area contributed by atoms with E-state index < -0.39 is 90.5 Å². The molecule has 26 nitrogen and oxygen atoms in total. The van der Waals surface area contributed by atoms with E-state index in [0.29, 0.717) is 24.0 Å². The number of phosphoric ester groups is 3. The topological polar surface area (TPSA) is 415 Å². The van der Waals surface area contributed by atoms with Gasteiger partial charge in [-0.05, 0) is 30.6 Å². The standard InChI is InChI=1S/C38H66N7O19P3S/c1-23(9-7-11-25(3)18-28(47)48)8-6-10-24(2)12-13-29(49)68-17-16-40-27(46)14-15-41-36(52)33(51)38(4,5)20-61-67(58,59)64-66(56,57)60-19-26-32(63-65(53,54)55)31(50)37(62-26)45-22-44-30-34(39)42-21-43-35(30)45/h21-26,31-33,37,50-51H,6-20H2,1-5H3,(H,40,46)(H,41,52)(H,47,48)(H,56,57)(H,58,59)(H2,39,42,43)(H2,53,54,55)/p-5/t23?,24?,25?,26-,31+,32-,33+,37-/m1/s1. The third-order valence-electron chi connectivity index (χ3n) is 10.9. The van der Waals surface area contributed by atoms with Crippen LogP contribution in [0.1, 0.15) is 105 Å². The Kier molecular flexibility index (Phi) is 23.6. The van der Waals surface area contributed by atoms with Crippen LogP contribution in [0.3, 0.4) is 0 Å². The van der Waals surface area contributed by atoms with Gasteiger partial charge in [-0.1, -0.05) is 84.9 Å². The molecule has 2 amide bonds. The highest BCUT2D eigenvalue weighted by Crippen LogP contribution is 2.56. The Hall–Kier alpha value is -2.97. The maximum atomic E-state index is 12.7. The van der Waals surface area contributed by atoms with Gasteiger partial charge < -0.3 is 78.9 Å². The van der Waals surface area contributed by atoms with Crippen LogP contribution >= 0.6 is 35.2 Å². The van der Waals surface area contributed by atoms with E-state index in [1.807, 2.05) is 6.92 Å². The summed E-state index contributed by atoms with van der Waals surface area (Å²) in [7, 11) is -17.6. The van der Waals surface area contributed by atoms with Gasteiger partial charge in [-0.3, -0.25) is 28.1 Å². The zero-order valence-corrected chi connectivity index (χ0v) is 41.8. The largest absolute Gasteiger partial charge is 0.790 e. The zero-order valence-electron chi connectivity index (χ0n) is 38.3. The zero-order chi connectivity index (χ0) is 51.0. The summed E-state index contributed by atoms with van der Waals surface area (Å²) in [6.07, 6.45) is -0.416. The Morgan fingerprint density at radius 1 is 0.912 bits per heavy atom. The number of aliphatic hydroxyl groups excluding tert-OH is 2. The van der Waals surface area contributed by atoms with Gasteiger partial charge in [0.2, 0.25) is 11.8 Å². The van der Waals surface area contributed by atoms with Crippen molar-refractivity contribution in [1.82, 2.24) is 30.2 Å². The van der Waals surface area contributed by atoms with Crippen LogP contribution in [0.2, 0.25) is 0 Å². The molecule has 1 fully saturated rings. The summed E-state index contributed by atoms with van der Waals surface area (Å²) in [4.78, 5) is 108. The van der Waals surface area contributed by atoms with Gasteiger partial charge in [-0.15, -0.1) is 0 Å². The van der Waals surface area contributed by atoms with E-state index >= 15 is 0 Å². The monoisotopic (exact) mass is 1040 g/mol. The van der Waals surface area contributed by atoms with Crippen molar-refractivity contribution in [3.63, 3.8) is 0 Å². The van der Waals surface area contributed by atoms with E-state index in [1.165, 1.54) is 13.8 Å². The number of fused-ring (bicyclic) bond motifs is 1. The Labute approximate surface area is 397 Å². The van der Waals surface area contributed by atoms with E-state index in [-0.39, 0.29) is 53.9 Å². The molecule has 0 aromatic carbocycles. The number of carboxylic acid groups (broad SMARTS) is 1. The first-order chi connectivity index (χ1) is 31.6. The molecule has 5 unspecified atom stereocenters. The normalized spacial score (nSPS) is 21.3. The van der Waals surface area contributed by atoms with Gasteiger partial charge in [-0.25, -0.2) is 19.3 Å². The second-order valence-corrected chi connectivity index (χ2v) is 22.7. The molecule has 30 heteroatoms. The van der Waals surface area contributed by atoms with Gasteiger partial charge in [0.05, 0.1) is 27.4 Å². The van der Waals surface area contributed by atoms with E-state index in [4.69, 9.17) is 10.5 Å². The molecule has 1 saturated heterocycles. The number of nitrogens with two attached hydrogens (primary N) is 1. The molecule has 0 aliphatic carbocycles. The van der Waals surface area contributed by atoms with Crippen LogP contribution in [-0.4, -0.2) is 109 Å². The fourth-order valence-corrected chi connectivity index (χ4v) is 10.4. The first kappa shape index (κ1) is 59.3. The Morgan fingerprint density at radius 2 is 1.53 bits per heavy atom. The molecule has 2 aromatic rings. The predicted octanol–water partition coefficient (Wildman–Crippen LogP) is -0.694. The molecule has 2 aromatic heterocycles. The van der Waals surface area contributed by atoms with E-state index in [0.717, 1.165) is 73.9 Å². The number of thioether (sulfide) groups is 1. The molecule has 0 radical (unpaired) electrons. The number of aromatic nitrogens is 4. The van der Waals surface area contributed by atoms with E-state index in [2.05, 4.69) is 57.3 Å². The van der Waals surface area contributed by atoms with Crippen LogP contribution in [0.4, 0.5) is 5.82 Å². The van der Waals surface area contributed by atoms with Crippen molar-refractivity contribution in [2.75, 3.05) is 37.8 Å². The second kappa shape index (κ2) is 27.0. The van der Waals surface area contributed by atoms with Crippen molar-refractivity contribution in [3.05, 3.63) is 12.7 Å². The number of hydrogen-bond donors (Lipinski definition) is 5. The molecule has 68 heavy (non-hydrogen) atoms. The average molecular weight is 1040 g/mol. The summed E-state index contributed by atoms with van der Waals surface area (Å²) >= 11 is 1.10. The molecule has 0 bridgehead atoms. The number of ether oxygens (including phenoxy) is 1. The second-order valence-electron chi connectivity index (χ2n) is 17.5. The van der Waals surface area contributed by atoms with Crippen molar-refractivity contribution in [2.24, 2.45) is 23.2 Å². The number of carbonyl (C=O) groups is 4. The molecule has 6 N–H and O–H groups in total. The molecular formula is C38H61N7O19P3S-5. The summed E-state index contributed by atoms with van der Waals surface area (Å²) < 4.78 is 60.8. The lowest BCUT2D eigenvalue weighted by Crippen LogP contribution is -2.46. The van der Waals surface area contributed by atoms with Crippen LogP contribution in [0.5, 0.6) is 0 Å². The third-order valence-corrected chi connectivity index (χ3v) is 14.8. The van der Waals surface area contributed by atoms with Gasteiger partial charge in [0.15, 0.2) is 22.8 Å². The summed E-state index contributed by atoms with van der Waals surface area (Å²) in [5, 5.41) is 37.1. The minimum absolute atomic E-state index is 0.00535. The van der Waals surface area contributed by atoms with Crippen molar-refractivity contribution >= 4 is 75.1 Å². The average Bonchev–Trinajstić information content (AvgIpc) is 3.79. The van der Waals surface area contributed by atoms with Crippen LogP contribution in [-0.2, 0) is 55.5 Å². The lowest BCUT2D eigenvalue weighted by molar-refractivity contribution is -0.347. The molecule has 10 atom stereocenters. The minimum Gasteiger partial charge on any atom is -0.790 e. The SMILES string of the molecule is CC(CCCC(C)CCC(=O)SCCNC(=O)CCNC(=O)[C@H](O)C(C)(C)COP(=O)([O-])OP(=O)([O-])OC[C@H]1O[C@@H](n2cnc3c(N)ncnc32)[C@@H](O)[C@@H]1OP(=O)([O-])[O-])CCCC(C)CC(=O)[O-]. The molecule has 388 valence electrons. The van der Waals surface area contributed by atoms with Crippen molar-refractivity contribution in [3.8, 4) is 0 Å². The number of hydrogen-bond acceptors (Lipinski definition) is 24. The Balaban J connectivity index is 1.33. The van der Waals surface area contributed by atoms with Gasteiger partial charge in [-0.2, -0.15) is 0 Å². The fraction of sp³-hybridized carbons (Fsp3) is 0.763. The quantitative estimate of drug-likeness (QED) is 0.0447. The number of carbonyl (C=O) groups excluding carboxylic acids is 4. The molecule has 3 heterocycles. The Morgan fingerprint density at radius 3 is 2.16 bits per heavy atom. The van der Waals surface area contributed by atoms with Crippen molar-refractivity contribution in [2.45, 2.75) is 129 Å². The van der Waals surface area contributed by atoms with Crippen LogP contribution in [0.25, 0.3) is 11.2 Å². The molecule has 0 saturated carbocycles. The van der Waals surface area contributed by atoms with Gasteiger partial charge in [0.25, 0.3) is 15.6 Å². The smallest absolute Gasteiger partial charge is 0.274 e. The number of anilines is 1. The van der Waals surface area contributed by atoms with Crippen molar-refractivity contribution in [1.29, 1.82) is 0 Å². The summed E-state index contributed by atoms with van der Waals surface area (Å²) in [5.41, 5.74) is 4.06. The van der Waals surface area contributed by atoms with Crippen LogP contribution < -0.4 is 41.0 Å². The number of imidazole rings is 1. The number of nitrogens with one attached hydrogen (secondary N) is 2. The highest BCUT2D eigenvalue weighted by atomic mass is 32.2. The predicted molar refractivity (Wildman–Crippen MR) is 232 cm³/mol. The van der Waals surface area contributed by atoms with Crippen LogP contribution in [0.15, 0.2) is 12.7 Å². The lowest BCUT2D eigenvalue weighted by atomic mass is 9.87. The highest BCUT2D eigenvalue weighted by molar-refractivity contribution is 8.13. The van der Waals surface area contributed by atoms with Gasteiger partial charge in [0, 0.05) is 43.1 Å². The molecule has 1 aliphatic heterocycles. The summed E-state index contributed by atoms with van der Waals surface area (Å²) in [5.74, 6) is -1.22. The number of nitrogens with zero attached hydrogens (tertiary/aromatic N) is 4. The van der Waals surface area contributed by atoms with Gasteiger partial charge in [0.1, 0.15) is 36.3 Å². The maximum Gasteiger partial charge on any atom is 0.274 e. The highest BCUT2D eigenvalue weighted by Gasteiger charge is 2.47. The maximum absolute atomic E-state index is 12.7. The fourth-order valence-electron chi connectivity index (χ4n) is 7.01. The summed E-state index contributed by atoms with van der Waals surface area (Å²) in [6.45, 7) is 6.28.